The number of benzene rings is 3. The monoisotopic (exact) mass is 555 g/mol. The quantitative estimate of drug-likeness (QED) is 0.266. The lowest BCUT2D eigenvalue weighted by molar-refractivity contribution is -0.140. The van der Waals surface area contributed by atoms with Crippen LogP contribution in [-0.4, -0.2) is 27.2 Å². The third-order valence-corrected chi connectivity index (χ3v) is 7.44. The van der Waals surface area contributed by atoms with Gasteiger partial charge in [-0.2, -0.15) is 13.2 Å². The molecule has 206 valence electrons. The number of alkyl halides is 3. The van der Waals surface area contributed by atoms with Crippen LogP contribution in [0.5, 0.6) is 0 Å². The summed E-state index contributed by atoms with van der Waals surface area (Å²) in [5, 5.41) is 11.9. The molecule has 0 bridgehead atoms. The number of anilines is 1. The molecule has 1 atom stereocenters. The molecule has 3 heterocycles. The van der Waals surface area contributed by atoms with Crippen LogP contribution < -0.4 is 10.5 Å². The number of pyridine rings is 2. The SMILES string of the molecule is O=C(O)C1CN(Cc2ccccc2)c2c(-c3cccc(C(F)(F)F)c3)c(Cc3cccc4cnccc34)cc(=O)n21. The van der Waals surface area contributed by atoms with Gasteiger partial charge in [0, 0.05) is 36.0 Å². The number of rotatable bonds is 6. The highest BCUT2D eigenvalue weighted by atomic mass is 19.4. The van der Waals surface area contributed by atoms with Crippen molar-refractivity contribution in [1.29, 1.82) is 0 Å². The van der Waals surface area contributed by atoms with Gasteiger partial charge in [0.1, 0.15) is 5.82 Å². The first-order chi connectivity index (χ1) is 19.7. The van der Waals surface area contributed by atoms with Gasteiger partial charge in [-0.25, -0.2) is 4.79 Å². The number of carbonyl (C=O) groups is 1. The molecule has 0 saturated carbocycles. The maximum absolute atomic E-state index is 13.8. The van der Waals surface area contributed by atoms with Crippen LogP contribution in [0.25, 0.3) is 21.9 Å². The summed E-state index contributed by atoms with van der Waals surface area (Å²) in [7, 11) is 0. The van der Waals surface area contributed by atoms with Crippen molar-refractivity contribution in [2.45, 2.75) is 25.2 Å². The van der Waals surface area contributed by atoms with Crippen molar-refractivity contribution in [2.24, 2.45) is 0 Å². The number of halogens is 3. The molecule has 1 unspecified atom stereocenters. The first-order valence-electron chi connectivity index (χ1n) is 13.0. The normalized spacial score (nSPS) is 14.8. The van der Waals surface area contributed by atoms with Gasteiger partial charge in [0.25, 0.3) is 5.56 Å². The molecule has 1 N–H and O–H groups in total. The van der Waals surface area contributed by atoms with E-state index in [1.165, 1.54) is 16.7 Å². The van der Waals surface area contributed by atoms with Gasteiger partial charge in [0.15, 0.2) is 6.04 Å². The van der Waals surface area contributed by atoms with E-state index < -0.39 is 29.3 Å². The number of aliphatic carboxylic acids is 1. The largest absolute Gasteiger partial charge is 0.480 e. The molecule has 3 aromatic carbocycles. The average molecular weight is 556 g/mol. The van der Waals surface area contributed by atoms with Gasteiger partial charge in [0.2, 0.25) is 0 Å². The molecule has 5 aromatic rings. The summed E-state index contributed by atoms with van der Waals surface area (Å²) in [4.78, 5) is 31.9. The van der Waals surface area contributed by atoms with E-state index in [9.17, 15) is 27.9 Å². The Kier molecular flexibility index (Phi) is 6.57. The highest BCUT2D eigenvalue weighted by molar-refractivity contribution is 5.87. The van der Waals surface area contributed by atoms with E-state index >= 15 is 0 Å². The van der Waals surface area contributed by atoms with Crippen LogP contribution in [0.2, 0.25) is 0 Å². The van der Waals surface area contributed by atoms with Crippen LogP contribution in [0.15, 0.2) is 102 Å². The van der Waals surface area contributed by atoms with Crippen LogP contribution in [0.1, 0.15) is 28.3 Å². The zero-order chi connectivity index (χ0) is 28.7. The van der Waals surface area contributed by atoms with E-state index in [1.54, 1.807) is 23.4 Å². The molecule has 1 aliphatic heterocycles. The van der Waals surface area contributed by atoms with E-state index in [2.05, 4.69) is 4.98 Å². The summed E-state index contributed by atoms with van der Waals surface area (Å²) < 4.78 is 42.7. The van der Waals surface area contributed by atoms with Crippen molar-refractivity contribution in [3.05, 3.63) is 130 Å². The van der Waals surface area contributed by atoms with Crippen molar-refractivity contribution in [3.63, 3.8) is 0 Å². The maximum atomic E-state index is 13.8. The van der Waals surface area contributed by atoms with Crippen molar-refractivity contribution in [2.75, 3.05) is 11.4 Å². The molecule has 0 radical (unpaired) electrons. The minimum atomic E-state index is -4.58. The first-order valence-corrected chi connectivity index (χ1v) is 13.0. The van der Waals surface area contributed by atoms with Gasteiger partial charge in [-0.15, -0.1) is 0 Å². The molecule has 9 heteroatoms. The topological polar surface area (TPSA) is 75.4 Å². The molecule has 6 rings (SSSR count). The molecule has 1 aliphatic rings. The number of hydrogen-bond acceptors (Lipinski definition) is 4. The van der Waals surface area contributed by atoms with E-state index in [0.29, 0.717) is 16.9 Å². The molecular weight excluding hydrogens is 531 g/mol. The third-order valence-electron chi connectivity index (χ3n) is 7.44. The van der Waals surface area contributed by atoms with Gasteiger partial charge in [-0.3, -0.25) is 14.3 Å². The molecule has 6 nitrogen and oxygen atoms in total. The fourth-order valence-electron chi connectivity index (χ4n) is 5.63. The van der Waals surface area contributed by atoms with E-state index in [1.807, 2.05) is 54.6 Å². The minimum absolute atomic E-state index is 0.00514. The number of carboxylic acids is 1. The zero-order valence-electron chi connectivity index (χ0n) is 21.7. The Labute approximate surface area is 232 Å². The van der Waals surface area contributed by atoms with Gasteiger partial charge < -0.3 is 10.0 Å². The Hall–Kier alpha value is -4.92. The zero-order valence-corrected chi connectivity index (χ0v) is 21.7. The van der Waals surface area contributed by atoms with Crippen molar-refractivity contribution in [3.8, 4) is 11.1 Å². The first kappa shape index (κ1) is 26.3. The predicted octanol–water partition coefficient (Wildman–Crippen LogP) is 6.32. The minimum Gasteiger partial charge on any atom is -0.480 e. The molecule has 0 fully saturated rings. The van der Waals surface area contributed by atoms with E-state index in [0.717, 1.165) is 34.0 Å². The Bertz CT molecular complexity index is 1830. The summed E-state index contributed by atoms with van der Waals surface area (Å²) in [6.07, 6.45) is -0.951. The lowest BCUT2D eigenvalue weighted by atomic mass is 9.92. The number of fused-ring (bicyclic) bond motifs is 2. The van der Waals surface area contributed by atoms with Gasteiger partial charge >= 0.3 is 12.1 Å². The summed E-state index contributed by atoms with van der Waals surface area (Å²) in [6.45, 7) is 0.272. The van der Waals surface area contributed by atoms with Crippen LogP contribution in [0.3, 0.4) is 0 Å². The molecular formula is C32H24F3N3O3. The van der Waals surface area contributed by atoms with Crippen LogP contribution >= 0.6 is 0 Å². The van der Waals surface area contributed by atoms with Crippen LogP contribution in [0.4, 0.5) is 19.0 Å². The number of nitrogens with zero attached hydrogens (tertiary/aromatic N) is 3. The van der Waals surface area contributed by atoms with Gasteiger partial charge in [0.05, 0.1) is 12.1 Å². The van der Waals surface area contributed by atoms with E-state index in [-0.39, 0.29) is 25.1 Å². The second-order valence-electron chi connectivity index (χ2n) is 10.1. The van der Waals surface area contributed by atoms with Crippen LogP contribution in [-0.2, 0) is 23.9 Å². The van der Waals surface area contributed by atoms with E-state index in [4.69, 9.17) is 0 Å². The lowest BCUT2D eigenvalue weighted by Gasteiger charge is -2.24. The number of aromatic nitrogens is 2. The Morgan fingerprint density at radius 1 is 0.951 bits per heavy atom. The molecule has 41 heavy (non-hydrogen) atoms. The number of carboxylic acid groups (broad SMARTS) is 1. The Morgan fingerprint density at radius 3 is 2.49 bits per heavy atom. The third kappa shape index (κ3) is 4.95. The molecule has 0 spiro atoms. The van der Waals surface area contributed by atoms with Crippen molar-refractivity contribution < 1.29 is 23.1 Å². The summed E-state index contributed by atoms with van der Waals surface area (Å²) in [5.41, 5.74) is 1.56. The smallest absolute Gasteiger partial charge is 0.416 e. The Balaban J connectivity index is 1.62. The molecule has 0 aliphatic carbocycles. The highest BCUT2D eigenvalue weighted by Crippen LogP contribution is 2.42. The van der Waals surface area contributed by atoms with Crippen LogP contribution in [0, 0.1) is 0 Å². The predicted molar refractivity (Wildman–Crippen MR) is 150 cm³/mol. The van der Waals surface area contributed by atoms with Gasteiger partial charge in [-0.05, 0) is 52.3 Å². The standard InChI is InChI=1S/C32H24F3N3O3/c33-32(34,35)25-11-5-9-22(15-25)29-24(14-21-8-4-10-23-17-36-13-12-26(21)23)16-28(39)38-27(31(40)41)19-37(30(29)38)18-20-6-2-1-3-7-20/h1-13,15-17,27H,14,18-19H2,(H,40,41). The summed E-state index contributed by atoms with van der Waals surface area (Å²) in [5.74, 6) is -0.891. The average Bonchev–Trinajstić information content (AvgIpc) is 3.33. The van der Waals surface area contributed by atoms with Gasteiger partial charge in [-0.1, -0.05) is 60.7 Å². The second kappa shape index (κ2) is 10.2. The maximum Gasteiger partial charge on any atom is 0.416 e. The van der Waals surface area contributed by atoms with Crippen molar-refractivity contribution >= 4 is 22.6 Å². The fourth-order valence-corrected chi connectivity index (χ4v) is 5.63. The lowest BCUT2D eigenvalue weighted by Crippen LogP contribution is -2.28. The Morgan fingerprint density at radius 2 is 1.73 bits per heavy atom. The number of hydrogen-bond donors (Lipinski definition) is 1. The fraction of sp³-hybridized carbons (Fsp3) is 0.156. The highest BCUT2D eigenvalue weighted by Gasteiger charge is 2.38. The molecule has 0 saturated heterocycles. The summed E-state index contributed by atoms with van der Waals surface area (Å²) in [6, 6.07) is 22.0. The molecule has 2 aromatic heterocycles. The second-order valence-corrected chi connectivity index (χ2v) is 10.1. The molecule has 0 amide bonds. The van der Waals surface area contributed by atoms with Crippen molar-refractivity contribution in [1.82, 2.24) is 9.55 Å². The summed E-state index contributed by atoms with van der Waals surface area (Å²) >= 11 is 0.